The van der Waals surface area contributed by atoms with E-state index in [1.54, 1.807) is 0 Å². The van der Waals surface area contributed by atoms with E-state index in [0.717, 1.165) is 18.6 Å². The zero-order valence-electron chi connectivity index (χ0n) is 19.0. The monoisotopic (exact) mass is 495 g/mol. The average Bonchev–Trinajstić information content (AvgIpc) is 2.84. The molecule has 5 nitrogen and oxygen atoms in total. The third-order valence-electron chi connectivity index (χ3n) is 7.03. The van der Waals surface area contributed by atoms with Crippen molar-refractivity contribution in [3.8, 4) is 5.75 Å². The molecule has 1 heterocycles. The molecule has 1 N–H and O–H groups in total. The lowest BCUT2D eigenvalue weighted by atomic mass is 9.68. The molecule has 2 aromatic carbocycles. The Hall–Kier alpha value is -2.55. The van der Waals surface area contributed by atoms with Crippen LogP contribution in [0.15, 0.2) is 41.3 Å². The van der Waals surface area contributed by atoms with Gasteiger partial charge in [-0.3, -0.25) is 4.79 Å². The van der Waals surface area contributed by atoms with Crippen LogP contribution in [0.3, 0.4) is 0 Å². The standard InChI is InChI=1S/C25H28F3NO4S/c1-2-11-29-22(30)13-17-9-10-25(34(31,32)19-5-3-16(14-26)4-6-19)18(12-17)15-33-24-21(28)8-7-20(27)23(24)25/h3-8,17-18H,2,9-15H2,1H3,(H,29,30)/t17-,18-,25+/m1/s1. The molecule has 0 aromatic heterocycles. The Morgan fingerprint density at radius 2 is 1.85 bits per heavy atom. The molecule has 3 atom stereocenters. The molecule has 9 heteroatoms. The van der Waals surface area contributed by atoms with Gasteiger partial charge in [-0.2, -0.15) is 0 Å². The van der Waals surface area contributed by atoms with Crippen molar-refractivity contribution in [2.45, 2.75) is 55.3 Å². The molecule has 0 saturated heterocycles. The average molecular weight is 496 g/mol. The Balaban J connectivity index is 1.79. The smallest absolute Gasteiger partial charge is 0.220 e. The molecule has 1 fully saturated rings. The van der Waals surface area contributed by atoms with Crippen molar-refractivity contribution >= 4 is 15.7 Å². The summed E-state index contributed by atoms with van der Waals surface area (Å²) in [6, 6.07) is 7.23. The maximum atomic E-state index is 15.3. The summed E-state index contributed by atoms with van der Waals surface area (Å²) in [5.74, 6) is -2.94. The Morgan fingerprint density at radius 3 is 2.53 bits per heavy atom. The molecule has 4 rings (SSSR count). The number of sulfone groups is 1. The highest BCUT2D eigenvalue weighted by atomic mass is 32.2. The van der Waals surface area contributed by atoms with Crippen LogP contribution in [0.4, 0.5) is 13.2 Å². The molecular weight excluding hydrogens is 467 g/mol. The van der Waals surface area contributed by atoms with E-state index in [1.807, 2.05) is 6.92 Å². The number of halogens is 3. The third-order valence-corrected chi connectivity index (χ3v) is 9.62. The molecule has 2 aromatic rings. The quantitative estimate of drug-likeness (QED) is 0.597. The number of rotatable bonds is 7. The first-order chi connectivity index (χ1) is 16.2. The lowest BCUT2D eigenvalue weighted by Gasteiger charge is -2.49. The van der Waals surface area contributed by atoms with Gasteiger partial charge in [-0.25, -0.2) is 21.6 Å². The zero-order valence-corrected chi connectivity index (χ0v) is 19.8. The summed E-state index contributed by atoms with van der Waals surface area (Å²) < 4.78 is 75.0. The summed E-state index contributed by atoms with van der Waals surface area (Å²) in [6.07, 6.45) is 1.73. The van der Waals surface area contributed by atoms with Crippen LogP contribution in [0, 0.1) is 23.5 Å². The van der Waals surface area contributed by atoms with Crippen LogP contribution < -0.4 is 10.1 Å². The SMILES string of the molecule is CCCNC(=O)C[C@@H]1CC[C@@]2(S(=O)(=O)c3ccc(CF)cc3)c3c(F)ccc(F)c3OC[C@H]2C1. The zero-order chi connectivity index (χ0) is 24.5. The van der Waals surface area contributed by atoms with Crippen molar-refractivity contribution in [3.63, 3.8) is 0 Å². The fraction of sp³-hybridized carbons (Fsp3) is 0.480. The molecule has 1 saturated carbocycles. The summed E-state index contributed by atoms with van der Waals surface area (Å²) in [5, 5.41) is 2.83. The van der Waals surface area contributed by atoms with Crippen LogP contribution >= 0.6 is 0 Å². The van der Waals surface area contributed by atoms with Gasteiger partial charge in [0.2, 0.25) is 5.91 Å². The van der Waals surface area contributed by atoms with Crippen molar-refractivity contribution < 1.29 is 31.1 Å². The van der Waals surface area contributed by atoms with E-state index in [4.69, 9.17) is 4.74 Å². The second-order valence-electron chi connectivity index (χ2n) is 9.11. The number of ether oxygens (including phenoxy) is 1. The largest absolute Gasteiger partial charge is 0.490 e. The van der Waals surface area contributed by atoms with E-state index >= 15 is 4.39 Å². The summed E-state index contributed by atoms with van der Waals surface area (Å²) in [4.78, 5) is 12.2. The number of fused-ring (bicyclic) bond motifs is 3. The van der Waals surface area contributed by atoms with Gasteiger partial charge in [0.25, 0.3) is 0 Å². The Morgan fingerprint density at radius 1 is 1.15 bits per heavy atom. The van der Waals surface area contributed by atoms with Gasteiger partial charge in [0.1, 0.15) is 17.2 Å². The van der Waals surface area contributed by atoms with E-state index in [1.165, 1.54) is 24.3 Å². The van der Waals surface area contributed by atoms with Gasteiger partial charge in [-0.1, -0.05) is 19.1 Å². The second kappa shape index (κ2) is 9.60. The fourth-order valence-electron chi connectivity index (χ4n) is 5.36. The normalized spacial score (nSPS) is 24.0. The van der Waals surface area contributed by atoms with Crippen molar-refractivity contribution in [2.24, 2.45) is 11.8 Å². The molecule has 1 aliphatic heterocycles. The maximum Gasteiger partial charge on any atom is 0.220 e. The van der Waals surface area contributed by atoms with Crippen molar-refractivity contribution in [1.82, 2.24) is 5.32 Å². The van der Waals surface area contributed by atoms with Crippen LogP contribution in [0.1, 0.15) is 50.2 Å². The molecule has 2 aliphatic rings. The Kier molecular flexibility index (Phi) is 6.94. The molecule has 34 heavy (non-hydrogen) atoms. The minimum atomic E-state index is -4.24. The number of carbonyl (C=O) groups is 1. The first-order valence-electron chi connectivity index (χ1n) is 11.5. The first kappa shape index (κ1) is 24.6. The molecule has 184 valence electrons. The van der Waals surface area contributed by atoms with E-state index in [9.17, 15) is 22.0 Å². The highest BCUT2D eigenvalue weighted by molar-refractivity contribution is 7.92. The molecule has 0 spiro atoms. The number of alkyl halides is 1. The van der Waals surface area contributed by atoms with E-state index in [-0.39, 0.29) is 47.5 Å². The number of benzene rings is 2. The van der Waals surface area contributed by atoms with Gasteiger partial charge >= 0.3 is 0 Å². The van der Waals surface area contributed by atoms with Crippen molar-refractivity contribution in [1.29, 1.82) is 0 Å². The maximum absolute atomic E-state index is 15.3. The predicted molar refractivity (Wildman–Crippen MR) is 121 cm³/mol. The van der Waals surface area contributed by atoms with Gasteiger partial charge in [0.05, 0.1) is 17.1 Å². The van der Waals surface area contributed by atoms with Crippen molar-refractivity contribution in [2.75, 3.05) is 13.2 Å². The minimum absolute atomic E-state index is 0.0212. The van der Waals surface area contributed by atoms with Gasteiger partial charge in [0, 0.05) is 18.9 Å². The number of carbonyl (C=O) groups excluding carboxylic acids is 1. The molecular formula is C25H28F3NO4S. The Labute approximate surface area is 197 Å². The fourth-order valence-corrected chi connectivity index (χ4v) is 7.72. The molecule has 1 aliphatic carbocycles. The first-order valence-corrected chi connectivity index (χ1v) is 13.0. The van der Waals surface area contributed by atoms with Crippen LogP contribution in [-0.2, 0) is 26.1 Å². The summed E-state index contributed by atoms with van der Waals surface area (Å²) in [5.41, 5.74) is 0.0339. The summed E-state index contributed by atoms with van der Waals surface area (Å²) in [7, 11) is -4.24. The Bertz CT molecular complexity index is 1170. The number of hydrogen-bond donors (Lipinski definition) is 1. The van der Waals surface area contributed by atoms with Gasteiger partial charge < -0.3 is 10.1 Å². The lowest BCUT2D eigenvalue weighted by molar-refractivity contribution is -0.122. The number of amides is 1. The van der Waals surface area contributed by atoms with Gasteiger partial charge in [-0.15, -0.1) is 0 Å². The topological polar surface area (TPSA) is 72.5 Å². The number of nitrogens with one attached hydrogen (secondary N) is 1. The molecule has 1 amide bonds. The van der Waals surface area contributed by atoms with Crippen LogP contribution in [-0.4, -0.2) is 27.5 Å². The minimum Gasteiger partial charge on any atom is -0.490 e. The highest BCUT2D eigenvalue weighted by Crippen LogP contribution is 2.57. The van der Waals surface area contributed by atoms with Crippen LogP contribution in [0.2, 0.25) is 0 Å². The van der Waals surface area contributed by atoms with Gasteiger partial charge in [-0.05, 0) is 61.4 Å². The van der Waals surface area contributed by atoms with E-state index in [0.29, 0.717) is 24.9 Å². The molecule has 0 bridgehead atoms. The lowest BCUT2D eigenvalue weighted by Crippen LogP contribution is -2.52. The second-order valence-corrected chi connectivity index (χ2v) is 11.3. The number of hydrogen-bond acceptors (Lipinski definition) is 4. The molecule has 0 radical (unpaired) electrons. The van der Waals surface area contributed by atoms with E-state index < -0.39 is 38.8 Å². The van der Waals surface area contributed by atoms with E-state index in [2.05, 4.69) is 5.32 Å². The van der Waals surface area contributed by atoms with Gasteiger partial charge in [0.15, 0.2) is 21.4 Å². The van der Waals surface area contributed by atoms with Crippen LogP contribution in [0.5, 0.6) is 5.75 Å². The van der Waals surface area contributed by atoms with Crippen molar-refractivity contribution in [3.05, 3.63) is 59.2 Å². The summed E-state index contributed by atoms with van der Waals surface area (Å²) >= 11 is 0. The summed E-state index contributed by atoms with van der Waals surface area (Å²) in [6.45, 7) is 1.66. The predicted octanol–water partition coefficient (Wildman–Crippen LogP) is 4.83. The third kappa shape index (κ3) is 4.08. The van der Waals surface area contributed by atoms with Crippen LogP contribution in [0.25, 0.3) is 0 Å². The molecule has 0 unspecified atom stereocenters. The highest BCUT2D eigenvalue weighted by Gasteiger charge is 2.59.